The van der Waals surface area contributed by atoms with Crippen LogP contribution in [0.15, 0.2) is 18.2 Å². The smallest absolute Gasteiger partial charge is 0.122 e. The second-order valence-corrected chi connectivity index (χ2v) is 6.40. The van der Waals surface area contributed by atoms with Gasteiger partial charge in [0, 0.05) is 18.2 Å². The van der Waals surface area contributed by atoms with Crippen molar-refractivity contribution in [3.8, 4) is 5.75 Å². The maximum atomic E-state index is 9.97. The summed E-state index contributed by atoms with van der Waals surface area (Å²) in [6, 6.07) is 6.57. The lowest BCUT2D eigenvalue weighted by Crippen LogP contribution is -2.35. The molecule has 0 spiro atoms. The summed E-state index contributed by atoms with van der Waals surface area (Å²) >= 11 is 0. The van der Waals surface area contributed by atoms with E-state index in [1.165, 1.54) is 25.7 Å². The van der Waals surface area contributed by atoms with E-state index >= 15 is 0 Å². The maximum absolute atomic E-state index is 9.97. The predicted molar refractivity (Wildman–Crippen MR) is 75.7 cm³/mol. The molecule has 0 aliphatic heterocycles. The quantitative estimate of drug-likeness (QED) is 0.852. The molecule has 1 aliphatic carbocycles. The summed E-state index contributed by atoms with van der Waals surface area (Å²) in [5.41, 5.74) is 2.49. The van der Waals surface area contributed by atoms with Crippen molar-refractivity contribution < 1.29 is 5.11 Å². The first kappa shape index (κ1) is 13.4. The minimum Gasteiger partial charge on any atom is -0.507 e. The second kappa shape index (κ2) is 5.31. The fourth-order valence-corrected chi connectivity index (χ4v) is 2.72. The van der Waals surface area contributed by atoms with Crippen LogP contribution in [0.25, 0.3) is 0 Å². The Hall–Kier alpha value is -1.02. The fraction of sp³-hybridized carbons (Fsp3) is 0.625. The number of rotatable bonds is 3. The lowest BCUT2D eigenvalue weighted by molar-refractivity contribution is 0.205. The van der Waals surface area contributed by atoms with Gasteiger partial charge in [0.1, 0.15) is 5.75 Å². The molecule has 2 N–H and O–H groups in total. The van der Waals surface area contributed by atoms with Gasteiger partial charge in [-0.25, -0.2) is 0 Å². The highest BCUT2D eigenvalue weighted by molar-refractivity contribution is 5.39. The Bertz CT molecular complexity index is 402. The van der Waals surface area contributed by atoms with Gasteiger partial charge in [0.2, 0.25) is 0 Å². The first-order valence-corrected chi connectivity index (χ1v) is 6.99. The Morgan fingerprint density at radius 2 is 1.94 bits per heavy atom. The topological polar surface area (TPSA) is 32.3 Å². The van der Waals surface area contributed by atoms with Crippen molar-refractivity contribution in [1.29, 1.82) is 0 Å². The minimum absolute atomic E-state index is 0.445. The van der Waals surface area contributed by atoms with Gasteiger partial charge in [0.25, 0.3) is 0 Å². The normalized spacial score (nSPS) is 19.9. The summed E-state index contributed by atoms with van der Waals surface area (Å²) in [4.78, 5) is 0. The highest BCUT2D eigenvalue weighted by Crippen LogP contribution is 2.35. The predicted octanol–water partition coefficient (Wildman–Crippen LogP) is 3.76. The van der Waals surface area contributed by atoms with Crippen molar-refractivity contribution in [2.45, 2.75) is 59.0 Å². The van der Waals surface area contributed by atoms with Gasteiger partial charge in [-0.2, -0.15) is 0 Å². The Morgan fingerprint density at radius 1 is 1.28 bits per heavy atom. The van der Waals surface area contributed by atoms with Crippen LogP contribution in [0.3, 0.4) is 0 Å². The number of phenolic OH excluding ortho intramolecular Hbond substituents is 1. The molecule has 2 heteroatoms. The van der Waals surface area contributed by atoms with Gasteiger partial charge in [-0.1, -0.05) is 32.0 Å². The summed E-state index contributed by atoms with van der Waals surface area (Å²) in [7, 11) is 0. The van der Waals surface area contributed by atoms with Crippen molar-refractivity contribution in [2.75, 3.05) is 0 Å². The average Bonchev–Trinajstić information content (AvgIpc) is 2.33. The monoisotopic (exact) mass is 247 g/mol. The summed E-state index contributed by atoms with van der Waals surface area (Å²) in [5.74, 6) is 0.445. The molecule has 0 atom stereocenters. The van der Waals surface area contributed by atoms with Gasteiger partial charge in [-0.3, -0.25) is 0 Å². The van der Waals surface area contributed by atoms with E-state index in [-0.39, 0.29) is 0 Å². The number of para-hydroxylation sites is 1. The largest absolute Gasteiger partial charge is 0.507 e. The molecule has 1 aromatic carbocycles. The Kier molecular flexibility index (Phi) is 3.96. The number of nitrogens with one attached hydrogen (secondary N) is 1. The molecule has 0 amide bonds. The van der Waals surface area contributed by atoms with Gasteiger partial charge < -0.3 is 10.4 Å². The van der Waals surface area contributed by atoms with Crippen LogP contribution in [0.5, 0.6) is 5.75 Å². The molecule has 2 rings (SSSR count). The lowest BCUT2D eigenvalue weighted by atomic mass is 9.75. The van der Waals surface area contributed by atoms with Crippen molar-refractivity contribution >= 4 is 0 Å². The minimum atomic E-state index is 0.445. The number of phenols is 1. The molecule has 1 saturated carbocycles. The molecule has 1 aromatic rings. The molecule has 1 fully saturated rings. The summed E-state index contributed by atoms with van der Waals surface area (Å²) in [6.07, 6.45) is 5.09. The third kappa shape index (κ3) is 3.26. The molecular formula is C16H25NO. The Labute approximate surface area is 110 Å². The van der Waals surface area contributed by atoms with E-state index in [2.05, 4.69) is 19.2 Å². The average molecular weight is 247 g/mol. The second-order valence-electron chi connectivity index (χ2n) is 6.40. The number of hydrogen-bond acceptors (Lipinski definition) is 2. The molecule has 18 heavy (non-hydrogen) atoms. The van der Waals surface area contributed by atoms with Crippen molar-refractivity contribution in [1.82, 2.24) is 5.32 Å². The van der Waals surface area contributed by atoms with Crippen LogP contribution in [-0.2, 0) is 6.54 Å². The van der Waals surface area contributed by atoms with E-state index in [4.69, 9.17) is 0 Å². The zero-order valence-corrected chi connectivity index (χ0v) is 11.8. The van der Waals surface area contributed by atoms with Crippen LogP contribution in [0.4, 0.5) is 0 Å². The SMILES string of the molecule is Cc1cccc(CNC2CCC(C)(C)CC2)c1O. The molecule has 0 aromatic heterocycles. The number of aryl methyl sites for hydroxylation is 1. The Balaban J connectivity index is 1.87. The third-order valence-electron chi connectivity index (χ3n) is 4.24. The fourth-order valence-electron chi connectivity index (χ4n) is 2.72. The molecule has 0 heterocycles. The number of benzene rings is 1. The van der Waals surface area contributed by atoms with Crippen LogP contribution in [0.1, 0.15) is 50.7 Å². The van der Waals surface area contributed by atoms with Crippen LogP contribution >= 0.6 is 0 Å². The molecule has 0 radical (unpaired) electrons. The molecule has 2 nitrogen and oxygen atoms in total. The third-order valence-corrected chi connectivity index (χ3v) is 4.24. The number of aromatic hydroxyl groups is 1. The van der Waals surface area contributed by atoms with E-state index < -0.39 is 0 Å². The summed E-state index contributed by atoms with van der Waals surface area (Å²) in [5, 5.41) is 13.6. The van der Waals surface area contributed by atoms with Gasteiger partial charge in [-0.05, 0) is 43.6 Å². The highest BCUT2D eigenvalue weighted by Gasteiger charge is 2.26. The van der Waals surface area contributed by atoms with Crippen LogP contribution in [0, 0.1) is 12.3 Å². The van der Waals surface area contributed by atoms with Gasteiger partial charge in [0.15, 0.2) is 0 Å². The molecule has 0 saturated heterocycles. The van der Waals surface area contributed by atoms with Crippen LogP contribution < -0.4 is 5.32 Å². The first-order chi connectivity index (χ1) is 8.48. The molecule has 100 valence electrons. The summed E-state index contributed by atoms with van der Waals surface area (Å²) in [6.45, 7) is 7.44. The molecular weight excluding hydrogens is 222 g/mol. The highest BCUT2D eigenvalue weighted by atomic mass is 16.3. The number of hydrogen-bond donors (Lipinski definition) is 2. The zero-order chi connectivity index (χ0) is 13.2. The van der Waals surface area contributed by atoms with E-state index in [9.17, 15) is 5.11 Å². The Morgan fingerprint density at radius 3 is 2.61 bits per heavy atom. The van der Waals surface area contributed by atoms with Crippen molar-refractivity contribution in [3.63, 3.8) is 0 Å². The van der Waals surface area contributed by atoms with E-state index in [1.54, 1.807) is 0 Å². The molecule has 0 unspecified atom stereocenters. The van der Waals surface area contributed by atoms with E-state index in [0.29, 0.717) is 17.2 Å². The van der Waals surface area contributed by atoms with E-state index in [1.807, 2.05) is 25.1 Å². The van der Waals surface area contributed by atoms with E-state index in [0.717, 1.165) is 17.7 Å². The van der Waals surface area contributed by atoms with Gasteiger partial charge in [-0.15, -0.1) is 0 Å². The van der Waals surface area contributed by atoms with Crippen molar-refractivity contribution in [3.05, 3.63) is 29.3 Å². The molecule has 1 aliphatic rings. The molecule has 0 bridgehead atoms. The summed E-state index contributed by atoms with van der Waals surface area (Å²) < 4.78 is 0. The lowest BCUT2D eigenvalue weighted by Gasteiger charge is -2.34. The van der Waals surface area contributed by atoms with Crippen LogP contribution in [-0.4, -0.2) is 11.1 Å². The maximum Gasteiger partial charge on any atom is 0.122 e. The first-order valence-electron chi connectivity index (χ1n) is 6.99. The van der Waals surface area contributed by atoms with Crippen LogP contribution in [0.2, 0.25) is 0 Å². The van der Waals surface area contributed by atoms with Gasteiger partial charge in [0.05, 0.1) is 0 Å². The van der Waals surface area contributed by atoms with Crippen molar-refractivity contribution in [2.24, 2.45) is 5.41 Å². The van der Waals surface area contributed by atoms with Gasteiger partial charge >= 0.3 is 0 Å². The zero-order valence-electron chi connectivity index (χ0n) is 11.8. The standard InChI is InChI=1S/C16H25NO/c1-12-5-4-6-13(15(12)18)11-17-14-7-9-16(2,3)10-8-14/h4-6,14,17-18H,7-11H2,1-3H3.